The Morgan fingerprint density at radius 3 is 3.07 bits per heavy atom. The summed E-state index contributed by atoms with van der Waals surface area (Å²) in [6, 6.07) is 4.71. The third-order valence-corrected chi connectivity index (χ3v) is 3.19. The third kappa shape index (κ3) is 1.14. The van der Waals surface area contributed by atoms with Gasteiger partial charge in [-0.25, -0.2) is 9.18 Å². The summed E-state index contributed by atoms with van der Waals surface area (Å²) < 4.78 is 17.9. The zero-order chi connectivity index (χ0) is 10.5. The van der Waals surface area contributed by atoms with Crippen LogP contribution in [0.1, 0.15) is 17.5 Å². The minimum atomic E-state index is -0.403. The van der Waals surface area contributed by atoms with Crippen molar-refractivity contribution in [2.75, 3.05) is 6.61 Å². The molecule has 1 unspecified atom stereocenters. The fraction of sp³-hybridized carbons (Fsp3) is 0.364. The molecule has 1 aromatic rings. The van der Waals surface area contributed by atoms with Crippen LogP contribution in [0.5, 0.6) is 0 Å². The molecule has 3 nitrogen and oxygen atoms in total. The van der Waals surface area contributed by atoms with Gasteiger partial charge in [0.15, 0.2) is 0 Å². The van der Waals surface area contributed by atoms with Crippen molar-refractivity contribution in [3.63, 3.8) is 0 Å². The molecule has 1 N–H and O–H groups in total. The Hall–Kier alpha value is -1.58. The summed E-state index contributed by atoms with van der Waals surface area (Å²) in [5, 5.41) is 2.82. The molecular formula is C11H10FNO2. The molecule has 1 fully saturated rings. The normalized spacial score (nSPS) is 27.7. The van der Waals surface area contributed by atoms with E-state index in [-0.39, 0.29) is 11.9 Å². The molecule has 1 spiro atoms. The van der Waals surface area contributed by atoms with Gasteiger partial charge in [-0.3, -0.25) is 0 Å². The predicted octanol–water partition coefficient (Wildman–Crippen LogP) is 1.71. The van der Waals surface area contributed by atoms with Crippen molar-refractivity contribution in [2.45, 2.75) is 18.4 Å². The molecule has 0 radical (unpaired) electrons. The smallest absolute Gasteiger partial charge is 0.408 e. The van der Waals surface area contributed by atoms with E-state index in [9.17, 15) is 9.18 Å². The molecule has 0 saturated carbocycles. The maximum atomic E-state index is 13.0. The van der Waals surface area contributed by atoms with E-state index in [1.807, 2.05) is 0 Å². The highest BCUT2D eigenvalue weighted by Gasteiger charge is 2.45. The molecule has 1 heterocycles. The van der Waals surface area contributed by atoms with E-state index in [0.717, 1.165) is 24.0 Å². The van der Waals surface area contributed by atoms with Crippen LogP contribution in [0, 0.1) is 5.82 Å². The molecule has 1 aliphatic carbocycles. The zero-order valence-electron chi connectivity index (χ0n) is 8.05. The Balaban J connectivity index is 2.08. The summed E-state index contributed by atoms with van der Waals surface area (Å²) in [4.78, 5) is 11.1. The third-order valence-electron chi connectivity index (χ3n) is 3.19. The number of ether oxygens (including phenoxy) is 1. The van der Waals surface area contributed by atoms with E-state index >= 15 is 0 Å². The fourth-order valence-electron chi connectivity index (χ4n) is 2.45. The summed E-state index contributed by atoms with van der Waals surface area (Å²) in [5.41, 5.74) is 1.57. The molecule has 78 valence electrons. The van der Waals surface area contributed by atoms with Gasteiger partial charge in [-0.15, -0.1) is 0 Å². The quantitative estimate of drug-likeness (QED) is 0.703. The molecule has 1 saturated heterocycles. The highest BCUT2D eigenvalue weighted by molar-refractivity contribution is 5.72. The molecule has 4 heteroatoms. The monoisotopic (exact) mass is 207 g/mol. The van der Waals surface area contributed by atoms with Crippen molar-refractivity contribution >= 4 is 6.09 Å². The highest BCUT2D eigenvalue weighted by Crippen LogP contribution is 2.39. The number of alkyl carbamates (subject to hydrolysis) is 1. The molecule has 15 heavy (non-hydrogen) atoms. The average Bonchev–Trinajstić information content (AvgIpc) is 2.73. The Labute approximate surface area is 86.2 Å². The van der Waals surface area contributed by atoms with Gasteiger partial charge < -0.3 is 10.1 Å². The van der Waals surface area contributed by atoms with Crippen molar-refractivity contribution in [2.24, 2.45) is 0 Å². The van der Waals surface area contributed by atoms with Crippen LogP contribution in [-0.4, -0.2) is 12.7 Å². The lowest BCUT2D eigenvalue weighted by atomic mass is 9.94. The maximum absolute atomic E-state index is 13.0. The molecule has 1 atom stereocenters. The summed E-state index contributed by atoms with van der Waals surface area (Å²) in [6.45, 7) is 0.352. The summed E-state index contributed by atoms with van der Waals surface area (Å²) >= 11 is 0. The number of rotatable bonds is 0. The number of hydrogen-bond donors (Lipinski definition) is 1. The maximum Gasteiger partial charge on any atom is 0.408 e. The van der Waals surface area contributed by atoms with Crippen molar-refractivity contribution in [1.29, 1.82) is 0 Å². The number of cyclic esters (lactones) is 1. The van der Waals surface area contributed by atoms with Gasteiger partial charge in [0.2, 0.25) is 0 Å². The first-order valence-electron chi connectivity index (χ1n) is 4.93. The lowest BCUT2D eigenvalue weighted by Gasteiger charge is -2.21. The van der Waals surface area contributed by atoms with Gasteiger partial charge in [-0.05, 0) is 36.1 Å². The van der Waals surface area contributed by atoms with Gasteiger partial charge in [0.05, 0.1) is 0 Å². The first-order chi connectivity index (χ1) is 7.20. The van der Waals surface area contributed by atoms with Crippen LogP contribution < -0.4 is 5.32 Å². The van der Waals surface area contributed by atoms with Crippen LogP contribution >= 0.6 is 0 Å². The van der Waals surface area contributed by atoms with Crippen LogP contribution in [0.2, 0.25) is 0 Å². The Kier molecular flexibility index (Phi) is 1.58. The van der Waals surface area contributed by atoms with Crippen LogP contribution in [0.25, 0.3) is 0 Å². The van der Waals surface area contributed by atoms with Crippen molar-refractivity contribution in [3.8, 4) is 0 Å². The lowest BCUT2D eigenvalue weighted by molar-refractivity contribution is 0.172. The van der Waals surface area contributed by atoms with Crippen LogP contribution in [-0.2, 0) is 16.7 Å². The minimum Gasteiger partial charge on any atom is -0.447 e. The molecule has 1 aromatic carbocycles. The number of benzene rings is 1. The highest BCUT2D eigenvalue weighted by atomic mass is 19.1. The fourth-order valence-corrected chi connectivity index (χ4v) is 2.45. The molecule has 0 aromatic heterocycles. The van der Waals surface area contributed by atoms with E-state index in [1.165, 1.54) is 12.1 Å². The number of halogens is 1. The molecule has 2 aliphatic rings. The van der Waals surface area contributed by atoms with Gasteiger partial charge in [0.25, 0.3) is 0 Å². The number of fused-ring (bicyclic) bond motifs is 2. The predicted molar refractivity (Wildman–Crippen MR) is 50.9 cm³/mol. The second-order valence-corrected chi connectivity index (χ2v) is 4.08. The Bertz CT molecular complexity index is 446. The molecule has 1 aliphatic heterocycles. The van der Waals surface area contributed by atoms with Gasteiger partial charge in [0.1, 0.15) is 18.0 Å². The van der Waals surface area contributed by atoms with E-state index in [2.05, 4.69) is 5.32 Å². The van der Waals surface area contributed by atoms with Crippen LogP contribution in [0.3, 0.4) is 0 Å². The van der Waals surface area contributed by atoms with Gasteiger partial charge in [-0.1, -0.05) is 6.07 Å². The van der Waals surface area contributed by atoms with E-state index in [4.69, 9.17) is 4.74 Å². The van der Waals surface area contributed by atoms with Crippen molar-refractivity contribution in [3.05, 3.63) is 35.1 Å². The number of carbonyl (C=O) groups is 1. The number of nitrogens with one attached hydrogen (secondary N) is 1. The number of hydrogen-bond acceptors (Lipinski definition) is 2. The SMILES string of the molecule is O=C1NC2(CCc3cc(F)ccc32)CO1. The molecule has 0 bridgehead atoms. The molecule has 3 rings (SSSR count). The number of aryl methyl sites for hydroxylation is 1. The molecule has 1 amide bonds. The Morgan fingerprint density at radius 1 is 1.47 bits per heavy atom. The average molecular weight is 207 g/mol. The van der Waals surface area contributed by atoms with Gasteiger partial charge >= 0.3 is 6.09 Å². The van der Waals surface area contributed by atoms with Gasteiger partial charge in [0, 0.05) is 0 Å². The number of carbonyl (C=O) groups excluding carboxylic acids is 1. The second-order valence-electron chi connectivity index (χ2n) is 4.08. The topological polar surface area (TPSA) is 38.3 Å². The molecular weight excluding hydrogens is 197 g/mol. The van der Waals surface area contributed by atoms with Gasteiger partial charge in [-0.2, -0.15) is 0 Å². The van der Waals surface area contributed by atoms with Crippen molar-refractivity contribution < 1.29 is 13.9 Å². The summed E-state index contributed by atoms with van der Waals surface area (Å²) in [7, 11) is 0. The van der Waals surface area contributed by atoms with E-state index < -0.39 is 5.54 Å². The van der Waals surface area contributed by atoms with Crippen LogP contribution in [0.15, 0.2) is 18.2 Å². The summed E-state index contributed by atoms with van der Waals surface area (Å²) in [6.07, 6.45) is 1.20. The standard InChI is InChI=1S/C11H10FNO2/c12-8-1-2-9-7(5-8)3-4-11(9)6-15-10(14)13-11/h1-2,5H,3-4,6H2,(H,13,14). The number of amides is 1. The minimum absolute atomic E-state index is 0.226. The summed E-state index contributed by atoms with van der Waals surface area (Å²) in [5.74, 6) is -0.226. The Morgan fingerprint density at radius 2 is 2.33 bits per heavy atom. The lowest BCUT2D eigenvalue weighted by Crippen LogP contribution is -2.38. The largest absolute Gasteiger partial charge is 0.447 e. The van der Waals surface area contributed by atoms with Crippen LogP contribution in [0.4, 0.5) is 9.18 Å². The first-order valence-corrected chi connectivity index (χ1v) is 4.93. The zero-order valence-corrected chi connectivity index (χ0v) is 8.05. The second kappa shape index (κ2) is 2.72. The van der Waals surface area contributed by atoms with E-state index in [1.54, 1.807) is 6.07 Å². The van der Waals surface area contributed by atoms with Crippen molar-refractivity contribution in [1.82, 2.24) is 5.32 Å². The van der Waals surface area contributed by atoms with E-state index in [0.29, 0.717) is 6.61 Å². The first kappa shape index (κ1) is 8.71.